The van der Waals surface area contributed by atoms with E-state index < -0.39 is 24.0 Å². The van der Waals surface area contributed by atoms with Crippen molar-refractivity contribution in [2.75, 3.05) is 16.9 Å². The molecule has 0 saturated heterocycles. The van der Waals surface area contributed by atoms with Gasteiger partial charge in [0.05, 0.1) is 0 Å². The summed E-state index contributed by atoms with van der Waals surface area (Å²) in [5.41, 5.74) is -0.108. The summed E-state index contributed by atoms with van der Waals surface area (Å²) in [5, 5.41) is 12.0. The number of nitrogens with zero attached hydrogens (tertiary/aromatic N) is 5. The Labute approximate surface area is 173 Å². The number of carbonyl (C=O) groups excluding carboxylic acids is 2. The number of anilines is 2. The summed E-state index contributed by atoms with van der Waals surface area (Å²) in [4.78, 5) is 36.0. The summed E-state index contributed by atoms with van der Waals surface area (Å²) in [7, 11) is 0. The molecule has 1 aromatic heterocycles. The molecular weight excluding hydrogens is 424 g/mol. The maximum Gasteiger partial charge on any atom is 0.493 e. The number of carbonyl (C=O) groups is 2. The molecule has 0 aliphatic carbocycles. The lowest BCUT2D eigenvalue weighted by molar-refractivity contribution is -0.229. The molecule has 9 nitrogen and oxygen atoms in total. The number of halogens is 4. The molecule has 0 aliphatic rings. The van der Waals surface area contributed by atoms with Crippen LogP contribution in [0.3, 0.4) is 0 Å². The predicted octanol–water partition coefficient (Wildman–Crippen LogP) is 3.42. The van der Waals surface area contributed by atoms with Crippen LogP contribution < -0.4 is 10.3 Å². The second kappa shape index (κ2) is 9.70. The lowest BCUT2D eigenvalue weighted by atomic mass is 10.2. The normalized spacial score (nSPS) is 10.9. The number of urea groups is 1. The SMILES string of the molecule is CC(C)CN(c1ccnc(C#N)n1)N(OC(=O)C(F)(F)F)C(=O)Nc1cccc(F)c1. The minimum absolute atomic E-state index is 0.0181. The topological polar surface area (TPSA) is 111 Å². The number of aromatic nitrogens is 2. The smallest absolute Gasteiger partial charge is 0.306 e. The van der Waals surface area contributed by atoms with Crippen LogP contribution in [-0.2, 0) is 9.63 Å². The summed E-state index contributed by atoms with van der Waals surface area (Å²) in [6, 6.07) is 6.04. The van der Waals surface area contributed by atoms with E-state index in [1.54, 1.807) is 19.9 Å². The van der Waals surface area contributed by atoms with Crippen molar-refractivity contribution in [1.82, 2.24) is 15.1 Å². The quantitative estimate of drug-likeness (QED) is 0.560. The lowest BCUT2D eigenvalue weighted by Crippen LogP contribution is -2.53. The Morgan fingerprint density at radius 1 is 1.29 bits per heavy atom. The molecule has 0 spiro atoms. The second-order valence-electron chi connectivity index (χ2n) is 6.42. The van der Waals surface area contributed by atoms with E-state index in [9.17, 15) is 27.2 Å². The molecular formula is C18H16F4N6O3. The molecule has 1 N–H and O–H groups in total. The Bertz CT molecular complexity index is 993. The number of nitrogens with one attached hydrogen (secondary N) is 1. The summed E-state index contributed by atoms with van der Waals surface area (Å²) in [6.45, 7) is 3.20. The van der Waals surface area contributed by atoms with Crippen molar-refractivity contribution in [3.63, 3.8) is 0 Å². The van der Waals surface area contributed by atoms with Gasteiger partial charge in [-0.15, -0.1) is 0 Å². The Balaban J connectivity index is 2.48. The molecule has 0 unspecified atom stereocenters. The third-order valence-electron chi connectivity index (χ3n) is 3.41. The molecule has 0 fully saturated rings. The molecule has 0 radical (unpaired) electrons. The first kappa shape index (κ1) is 23.3. The molecule has 0 atom stereocenters. The Hall–Kier alpha value is -3.95. The fourth-order valence-corrected chi connectivity index (χ4v) is 2.22. The third kappa shape index (κ3) is 6.53. The molecule has 2 amide bonds. The van der Waals surface area contributed by atoms with Gasteiger partial charge in [0.2, 0.25) is 5.82 Å². The van der Waals surface area contributed by atoms with Crippen molar-refractivity contribution < 1.29 is 32.0 Å². The zero-order chi connectivity index (χ0) is 23.2. The van der Waals surface area contributed by atoms with Crippen molar-refractivity contribution in [1.29, 1.82) is 5.26 Å². The molecule has 2 aromatic rings. The first-order valence-electron chi connectivity index (χ1n) is 8.67. The van der Waals surface area contributed by atoms with Gasteiger partial charge in [0, 0.05) is 24.5 Å². The minimum Gasteiger partial charge on any atom is -0.306 e. The van der Waals surface area contributed by atoms with E-state index >= 15 is 0 Å². The Morgan fingerprint density at radius 3 is 2.58 bits per heavy atom. The van der Waals surface area contributed by atoms with Crippen molar-refractivity contribution in [3.8, 4) is 6.07 Å². The van der Waals surface area contributed by atoms with Gasteiger partial charge in [-0.3, -0.25) is 0 Å². The number of benzene rings is 1. The fourth-order valence-electron chi connectivity index (χ4n) is 2.22. The molecule has 31 heavy (non-hydrogen) atoms. The Morgan fingerprint density at radius 2 is 2.00 bits per heavy atom. The number of hydrogen-bond donors (Lipinski definition) is 1. The van der Waals surface area contributed by atoms with Gasteiger partial charge in [-0.1, -0.05) is 19.9 Å². The zero-order valence-corrected chi connectivity index (χ0v) is 16.2. The fraction of sp³-hybridized carbons (Fsp3) is 0.278. The average Bonchev–Trinajstić information content (AvgIpc) is 2.69. The van der Waals surface area contributed by atoms with Crippen LogP contribution >= 0.6 is 0 Å². The van der Waals surface area contributed by atoms with Gasteiger partial charge in [-0.25, -0.2) is 24.0 Å². The number of hydrogen-bond acceptors (Lipinski definition) is 7. The third-order valence-corrected chi connectivity index (χ3v) is 3.41. The number of amides is 2. The summed E-state index contributed by atoms with van der Waals surface area (Å²) < 4.78 is 51.9. The van der Waals surface area contributed by atoms with Gasteiger partial charge in [0.15, 0.2) is 5.82 Å². The van der Waals surface area contributed by atoms with Crippen LogP contribution in [0, 0.1) is 23.1 Å². The second-order valence-corrected chi connectivity index (χ2v) is 6.42. The van der Waals surface area contributed by atoms with Crippen LogP contribution in [0.2, 0.25) is 0 Å². The van der Waals surface area contributed by atoms with Crippen LogP contribution in [0.15, 0.2) is 36.5 Å². The molecule has 164 valence electrons. The van der Waals surface area contributed by atoms with E-state index in [2.05, 4.69) is 20.1 Å². The van der Waals surface area contributed by atoms with Crippen molar-refractivity contribution in [2.45, 2.75) is 20.0 Å². The summed E-state index contributed by atoms with van der Waals surface area (Å²) in [6.07, 6.45) is -4.27. The number of hydrazine groups is 1. The molecule has 0 bridgehead atoms. The van der Waals surface area contributed by atoms with E-state index in [1.165, 1.54) is 18.2 Å². The van der Waals surface area contributed by atoms with E-state index in [1.807, 2.05) is 0 Å². The maximum atomic E-state index is 13.4. The van der Waals surface area contributed by atoms with Gasteiger partial charge in [-0.05, 0) is 29.3 Å². The standard InChI is InChI=1S/C18H16F4N6O3/c1-11(2)10-27(15-6-7-24-14(9-23)26-15)28(31-16(29)18(20,21)22)17(30)25-13-5-3-4-12(19)8-13/h3-8,11H,10H2,1-2H3,(H,25,30). The largest absolute Gasteiger partial charge is 0.493 e. The van der Waals surface area contributed by atoms with Crippen LogP contribution in [0.5, 0.6) is 0 Å². The molecule has 0 aliphatic heterocycles. The lowest BCUT2D eigenvalue weighted by Gasteiger charge is -2.34. The Kier molecular flexibility index (Phi) is 7.30. The first-order chi connectivity index (χ1) is 14.5. The summed E-state index contributed by atoms with van der Waals surface area (Å²) in [5.74, 6) is -4.19. The van der Waals surface area contributed by atoms with Crippen molar-refractivity contribution in [2.24, 2.45) is 5.92 Å². The van der Waals surface area contributed by atoms with Gasteiger partial charge in [-0.2, -0.15) is 23.4 Å². The van der Waals surface area contributed by atoms with E-state index in [4.69, 9.17) is 5.26 Å². The van der Waals surface area contributed by atoms with Crippen LogP contribution in [0.1, 0.15) is 19.7 Å². The first-order valence-corrected chi connectivity index (χ1v) is 8.67. The van der Waals surface area contributed by atoms with Crippen LogP contribution in [-0.4, -0.2) is 39.9 Å². The number of rotatable bonds is 5. The van der Waals surface area contributed by atoms with Gasteiger partial charge < -0.3 is 10.2 Å². The average molecular weight is 440 g/mol. The van der Waals surface area contributed by atoms with Gasteiger partial charge in [0.1, 0.15) is 11.9 Å². The predicted molar refractivity (Wildman–Crippen MR) is 98.3 cm³/mol. The van der Waals surface area contributed by atoms with Gasteiger partial charge >= 0.3 is 18.2 Å². The minimum atomic E-state index is -5.41. The number of nitriles is 1. The number of hydroxylamine groups is 1. The van der Waals surface area contributed by atoms with Gasteiger partial charge in [0.25, 0.3) is 0 Å². The molecule has 1 heterocycles. The van der Waals surface area contributed by atoms with E-state index in [-0.39, 0.29) is 35.0 Å². The van der Waals surface area contributed by atoms with E-state index in [0.29, 0.717) is 0 Å². The zero-order valence-electron chi connectivity index (χ0n) is 16.2. The summed E-state index contributed by atoms with van der Waals surface area (Å²) >= 11 is 0. The number of alkyl halides is 3. The van der Waals surface area contributed by atoms with Crippen LogP contribution in [0.4, 0.5) is 33.9 Å². The molecule has 0 saturated carbocycles. The molecule has 2 rings (SSSR count). The van der Waals surface area contributed by atoms with Crippen molar-refractivity contribution >= 4 is 23.5 Å². The highest BCUT2D eigenvalue weighted by Crippen LogP contribution is 2.22. The highest BCUT2D eigenvalue weighted by atomic mass is 19.4. The molecule has 13 heteroatoms. The highest BCUT2D eigenvalue weighted by molar-refractivity contribution is 5.90. The van der Waals surface area contributed by atoms with Crippen molar-refractivity contribution in [3.05, 3.63) is 48.2 Å². The maximum absolute atomic E-state index is 13.4. The monoisotopic (exact) mass is 440 g/mol. The highest BCUT2D eigenvalue weighted by Gasteiger charge is 2.45. The molecule has 1 aromatic carbocycles. The van der Waals surface area contributed by atoms with E-state index in [0.717, 1.165) is 23.3 Å². The van der Waals surface area contributed by atoms with Crippen LogP contribution in [0.25, 0.3) is 0 Å².